The molecule has 0 unspecified atom stereocenters. The first kappa shape index (κ1) is 15.8. The summed E-state index contributed by atoms with van der Waals surface area (Å²) in [6.07, 6.45) is -2.12. The van der Waals surface area contributed by atoms with Gasteiger partial charge >= 0.3 is 0 Å². The van der Waals surface area contributed by atoms with E-state index in [0.717, 1.165) is 6.21 Å². The molecule has 0 saturated heterocycles. The fraction of sp³-hybridized carbons (Fsp3) is 0.429. The SMILES string of the molecule is NC(N)=N/N=C(/C=N/N=C(N)N)[C@@H](O)[C@@H](O)CO. The second kappa shape index (κ2) is 7.94. The van der Waals surface area contributed by atoms with Gasteiger partial charge in [0.25, 0.3) is 0 Å². The van der Waals surface area contributed by atoms with Crippen molar-refractivity contribution < 1.29 is 15.3 Å². The van der Waals surface area contributed by atoms with E-state index in [1.807, 2.05) is 0 Å². The molecule has 0 aliphatic rings. The van der Waals surface area contributed by atoms with Crippen LogP contribution in [0.15, 0.2) is 20.4 Å². The second-order valence-corrected chi connectivity index (χ2v) is 3.01. The van der Waals surface area contributed by atoms with Gasteiger partial charge in [0.15, 0.2) is 0 Å². The lowest BCUT2D eigenvalue weighted by Crippen LogP contribution is -2.37. The summed E-state index contributed by atoms with van der Waals surface area (Å²) in [6.45, 7) is -0.696. The van der Waals surface area contributed by atoms with Crippen LogP contribution in [0, 0.1) is 0 Å². The Balaban J connectivity index is 5.06. The smallest absolute Gasteiger partial charge is 0.211 e. The van der Waals surface area contributed by atoms with E-state index in [0.29, 0.717) is 0 Å². The monoisotopic (exact) mass is 260 g/mol. The molecule has 0 fully saturated rings. The zero-order valence-corrected chi connectivity index (χ0v) is 9.38. The zero-order chi connectivity index (χ0) is 14.1. The van der Waals surface area contributed by atoms with Gasteiger partial charge in [-0.05, 0) is 0 Å². The van der Waals surface area contributed by atoms with Crippen molar-refractivity contribution in [2.24, 2.45) is 43.3 Å². The normalized spacial score (nSPS) is 15.2. The first-order valence-corrected chi connectivity index (χ1v) is 4.64. The molecule has 0 aromatic heterocycles. The van der Waals surface area contributed by atoms with E-state index >= 15 is 0 Å². The Hall–Kier alpha value is -2.24. The van der Waals surface area contributed by atoms with Gasteiger partial charge in [-0.25, -0.2) is 0 Å². The number of nitrogens with zero attached hydrogens (tertiary/aromatic N) is 4. The predicted molar refractivity (Wildman–Crippen MR) is 66.6 cm³/mol. The van der Waals surface area contributed by atoms with Crippen molar-refractivity contribution >= 4 is 23.8 Å². The molecule has 0 heterocycles. The summed E-state index contributed by atoms with van der Waals surface area (Å²) in [7, 11) is 0. The van der Waals surface area contributed by atoms with Crippen LogP contribution in [0.1, 0.15) is 0 Å². The summed E-state index contributed by atoms with van der Waals surface area (Å²) in [4.78, 5) is 0. The number of hydrogen-bond acceptors (Lipinski definition) is 7. The Bertz CT molecular complexity index is 369. The van der Waals surface area contributed by atoms with Crippen molar-refractivity contribution in [1.82, 2.24) is 0 Å². The first-order valence-electron chi connectivity index (χ1n) is 4.64. The number of hydrogen-bond donors (Lipinski definition) is 7. The fourth-order valence-corrected chi connectivity index (χ4v) is 0.728. The minimum atomic E-state index is -1.56. The molecule has 0 amide bonds. The lowest BCUT2D eigenvalue weighted by atomic mass is 10.1. The summed E-state index contributed by atoms with van der Waals surface area (Å²) >= 11 is 0. The van der Waals surface area contributed by atoms with Gasteiger partial charge in [0.2, 0.25) is 11.9 Å². The Labute approximate surface area is 102 Å². The molecule has 0 rings (SSSR count). The largest absolute Gasteiger partial charge is 0.394 e. The maximum atomic E-state index is 9.56. The van der Waals surface area contributed by atoms with Crippen LogP contribution in [-0.2, 0) is 0 Å². The van der Waals surface area contributed by atoms with Gasteiger partial charge in [0.1, 0.15) is 17.9 Å². The zero-order valence-electron chi connectivity index (χ0n) is 9.38. The van der Waals surface area contributed by atoms with Crippen LogP contribution in [0.25, 0.3) is 0 Å². The van der Waals surface area contributed by atoms with Crippen LogP contribution in [-0.4, -0.2) is 58.0 Å². The van der Waals surface area contributed by atoms with Crippen LogP contribution in [0.5, 0.6) is 0 Å². The molecular weight excluding hydrogens is 244 g/mol. The number of nitrogens with two attached hydrogens (primary N) is 4. The number of guanidine groups is 2. The molecule has 0 radical (unpaired) electrons. The van der Waals surface area contributed by atoms with Gasteiger partial charge < -0.3 is 38.3 Å². The molecule has 0 aromatic carbocycles. The van der Waals surface area contributed by atoms with Gasteiger partial charge in [-0.2, -0.15) is 5.10 Å². The highest BCUT2D eigenvalue weighted by Gasteiger charge is 2.20. The molecule has 0 saturated carbocycles. The molecule has 11 nitrogen and oxygen atoms in total. The topological polar surface area (TPSA) is 214 Å². The third-order valence-corrected chi connectivity index (χ3v) is 1.50. The van der Waals surface area contributed by atoms with E-state index < -0.39 is 18.8 Å². The average Bonchev–Trinajstić information content (AvgIpc) is 2.30. The molecule has 11 heteroatoms. The molecule has 0 aliphatic carbocycles. The van der Waals surface area contributed by atoms with Crippen molar-refractivity contribution in [1.29, 1.82) is 0 Å². The fourth-order valence-electron chi connectivity index (χ4n) is 0.728. The third-order valence-electron chi connectivity index (χ3n) is 1.50. The van der Waals surface area contributed by atoms with Crippen LogP contribution >= 0.6 is 0 Å². The Kier molecular flexibility index (Phi) is 6.95. The summed E-state index contributed by atoms with van der Waals surface area (Å²) in [5.74, 6) is -0.682. The molecule has 2 atom stereocenters. The van der Waals surface area contributed by atoms with Crippen LogP contribution in [0.2, 0.25) is 0 Å². The summed E-state index contributed by atoms with van der Waals surface area (Å²) < 4.78 is 0. The van der Waals surface area contributed by atoms with Gasteiger partial charge in [-0.15, -0.1) is 15.3 Å². The van der Waals surface area contributed by atoms with Crippen LogP contribution in [0.4, 0.5) is 0 Å². The molecule has 0 bridgehead atoms. The molecular formula is C7H16N8O3. The molecule has 102 valence electrons. The van der Waals surface area contributed by atoms with Crippen LogP contribution < -0.4 is 22.9 Å². The quantitative estimate of drug-likeness (QED) is 0.141. The molecule has 18 heavy (non-hydrogen) atoms. The van der Waals surface area contributed by atoms with Crippen molar-refractivity contribution in [3.8, 4) is 0 Å². The van der Waals surface area contributed by atoms with Crippen molar-refractivity contribution in [2.45, 2.75) is 12.2 Å². The molecule has 0 spiro atoms. The van der Waals surface area contributed by atoms with E-state index in [1.54, 1.807) is 0 Å². The predicted octanol–water partition coefficient (Wildman–Crippen LogP) is -4.41. The van der Waals surface area contributed by atoms with Crippen LogP contribution in [0.3, 0.4) is 0 Å². The first-order chi connectivity index (χ1) is 8.38. The highest BCUT2D eigenvalue weighted by molar-refractivity contribution is 6.32. The minimum absolute atomic E-state index is 0.241. The summed E-state index contributed by atoms with van der Waals surface area (Å²) in [6, 6.07) is 0. The highest BCUT2D eigenvalue weighted by Crippen LogP contribution is 1.96. The second-order valence-electron chi connectivity index (χ2n) is 3.01. The van der Waals surface area contributed by atoms with Crippen molar-refractivity contribution in [3.63, 3.8) is 0 Å². The van der Waals surface area contributed by atoms with Gasteiger partial charge in [-0.3, -0.25) is 0 Å². The lowest BCUT2D eigenvalue weighted by molar-refractivity contribution is 0.0192. The lowest BCUT2D eigenvalue weighted by Gasteiger charge is -2.13. The molecule has 0 aromatic rings. The molecule has 0 aliphatic heterocycles. The summed E-state index contributed by atoms with van der Waals surface area (Å²) in [5, 5.41) is 40.8. The Morgan fingerprint density at radius 3 is 2.00 bits per heavy atom. The maximum Gasteiger partial charge on any atom is 0.211 e. The number of aliphatic hydroxyl groups is 3. The Morgan fingerprint density at radius 2 is 1.56 bits per heavy atom. The Morgan fingerprint density at radius 1 is 1.00 bits per heavy atom. The van der Waals surface area contributed by atoms with Gasteiger partial charge in [-0.1, -0.05) is 0 Å². The molecule has 11 N–H and O–H groups in total. The van der Waals surface area contributed by atoms with E-state index in [4.69, 9.17) is 28.0 Å². The highest BCUT2D eigenvalue weighted by atomic mass is 16.4. The van der Waals surface area contributed by atoms with Gasteiger partial charge in [0, 0.05) is 0 Å². The van der Waals surface area contributed by atoms with E-state index in [-0.39, 0.29) is 17.6 Å². The average molecular weight is 260 g/mol. The number of rotatable bonds is 6. The van der Waals surface area contributed by atoms with Gasteiger partial charge in [0.05, 0.1) is 12.8 Å². The minimum Gasteiger partial charge on any atom is -0.394 e. The summed E-state index contributed by atoms with van der Waals surface area (Å²) in [5.41, 5.74) is 19.9. The van der Waals surface area contributed by atoms with Crippen molar-refractivity contribution in [3.05, 3.63) is 0 Å². The van der Waals surface area contributed by atoms with E-state index in [2.05, 4.69) is 20.4 Å². The van der Waals surface area contributed by atoms with Crippen molar-refractivity contribution in [2.75, 3.05) is 6.61 Å². The standard InChI is InChI=1S/C7H16N8O3/c8-6(9)14-12-1-3(13-15-7(10)11)5(18)4(17)2-16/h1,4-5,16-18H,2H2,(H4,8,9,14)(H4,10,11,15)/b12-1+,13-3-/t4-,5+/m0/s1. The maximum absolute atomic E-state index is 9.56. The third kappa shape index (κ3) is 6.37. The van der Waals surface area contributed by atoms with E-state index in [1.165, 1.54) is 0 Å². The number of aliphatic hydroxyl groups excluding tert-OH is 3. The van der Waals surface area contributed by atoms with E-state index in [9.17, 15) is 10.2 Å².